The molecule has 0 spiro atoms. The van der Waals surface area contributed by atoms with Crippen molar-refractivity contribution >= 4 is 29.3 Å². The second-order valence-electron chi connectivity index (χ2n) is 13.1. The Kier molecular flexibility index (Phi) is 8.49. The summed E-state index contributed by atoms with van der Waals surface area (Å²) in [6.45, 7) is 11.5. The molecule has 0 aromatic heterocycles. The molecule has 1 aromatic carbocycles. The van der Waals surface area contributed by atoms with Crippen LogP contribution in [0.4, 0.5) is 0 Å². The van der Waals surface area contributed by atoms with E-state index in [2.05, 4.69) is 13.8 Å². The average molecular weight is 546 g/mol. The van der Waals surface area contributed by atoms with Gasteiger partial charge in [0.2, 0.25) is 17.7 Å². The van der Waals surface area contributed by atoms with Crippen LogP contribution in [0, 0.1) is 16.7 Å². The highest BCUT2D eigenvalue weighted by Gasteiger charge is 2.46. The molecule has 2 aliphatic heterocycles. The van der Waals surface area contributed by atoms with Crippen LogP contribution in [0.25, 0.3) is 0 Å². The zero-order valence-corrected chi connectivity index (χ0v) is 24.3. The predicted octanol–water partition coefficient (Wildman–Crippen LogP) is 4.32. The largest absolute Gasteiger partial charge is 0.395 e. The first-order valence-electron chi connectivity index (χ1n) is 14.1. The maximum atomic E-state index is 13.9. The molecule has 1 aromatic rings. The number of rotatable bonds is 6. The minimum atomic E-state index is -0.864. The number of amides is 3. The predicted molar refractivity (Wildman–Crippen MR) is 149 cm³/mol. The first-order valence-corrected chi connectivity index (χ1v) is 14.4. The van der Waals surface area contributed by atoms with Crippen molar-refractivity contribution in [3.8, 4) is 0 Å². The van der Waals surface area contributed by atoms with Crippen LogP contribution < -0.4 is 0 Å². The molecular weight excluding hydrogens is 502 g/mol. The van der Waals surface area contributed by atoms with Gasteiger partial charge in [-0.05, 0) is 69.1 Å². The molecule has 3 atom stereocenters. The Morgan fingerprint density at radius 2 is 1.63 bits per heavy atom. The van der Waals surface area contributed by atoms with Gasteiger partial charge in [0.25, 0.3) is 0 Å². The van der Waals surface area contributed by atoms with Gasteiger partial charge >= 0.3 is 0 Å². The van der Waals surface area contributed by atoms with E-state index < -0.39 is 5.41 Å². The van der Waals surface area contributed by atoms with Gasteiger partial charge in [-0.2, -0.15) is 0 Å². The van der Waals surface area contributed by atoms with E-state index in [4.69, 9.17) is 11.6 Å². The highest BCUT2D eigenvalue weighted by Crippen LogP contribution is 2.40. The molecule has 0 unspecified atom stereocenters. The lowest BCUT2D eigenvalue weighted by atomic mass is 9.74. The Morgan fingerprint density at radius 3 is 2.21 bits per heavy atom. The minimum Gasteiger partial charge on any atom is -0.395 e. The summed E-state index contributed by atoms with van der Waals surface area (Å²) in [6.07, 6.45) is 4.73. The van der Waals surface area contributed by atoms with Gasteiger partial charge in [-0.3, -0.25) is 14.4 Å². The zero-order chi connectivity index (χ0) is 27.8. The summed E-state index contributed by atoms with van der Waals surface area (Å²) in [7, 11) is 0. The summed E-state index contributed by atoms with van der Waals surface area (Å²) >= 11 is 6.11. The number of hydrogen-bond donors (Lipinski definition) is 1. The van der Waals surface area contributed by atoms with Crippen molar-refractivity contribution in [3.63, 3.8) is 0 Å². The number of hydrogen-bond acceptors (Lipinski definition) is 4. The molecule has 0 radical (unpaired) electrons. The van der Waals surface area contributed by atoms with Crippen LogP contribution in [0.1, 0.15) is 78.2 Å². The van der Waals surface area contributed by atoms with Crippen molar-refractivity contribution in [1.29, 1.82) is 0 Å². The molecule has 7 nitrogen and oxygen atoms in total. The third-order valence-corrected chi connectivity index (χ3v) is 9.41. The molecule has 0 bridgehead atoms. The van der Waals surface area contributed by atoms with Crippen molar-refractivity contribution < 1.29 is 19.5 Å². The summed E-state index contributed by atoms with van der Waals surface area (Å²) in [5.74, 6) is -0.412. The Hall–Kier alpha value is -2.12. The van der Waals surface area contributed by atoms with Gasteiger partial charge in [0, 0.05) is 50.1 Å². The van der Waals surface area contributed by atoms with Crippen LogP contribution in [0.2, 0.25) is 5.02 Å². The summed E-state index contributed by atoms with van der Waals surface area (Å²) in [4.78, 5) is 45.6. The van der Waals surface area contributed by atoms with E-state index in [1.54, 1.807) is 25.7 Å². The standard InChI is InChI=1S/C30H44ClN3O4/c1-20(36)33-17-25(21-6-8-22(31)9-7-21)26(18-33)27(37)32-15-12-24(16-32)34(28(38)30(4,5)19-35)23-10-13-29(2,3)14-11-23/h6-9,23-26,35H,10-19H2,1-5H3/t24-,25-,26+/m0/s1. The number of benzene rings is 1. The van der Waals surface area contributed by atoms with E-state index in [-0.39, 0.29) is 53.7 Å². The molecule has 1 aliphatic carbocycles. The average Bonchev–Trinajstić information content (AvgIpc) is 3.53. The molecule has 2 saturated heterocycles. The van der Waals surface area contributed by atoms with Gasteiger partial charge in [0.1, 0.15) is 0 Å². The lowest BCUT2D eigenvalue weighted by Crippen LogP contribution is -2.55. The van der Waals surface area contributed by atoms with E-state index in [1.807, 2.05) is 34.1 Å². The van der Waals surface area contributed by atoms with Gasteiger partial charge in [0.05, 0.1) is 24.0 Å². The number of aliphatic hydroxyl groups is 1. The maximum absolute atomic E-state index is 13.9. The SMILES string of the molecule is CC(=O)N1C[C@@H](C(=O)N2CC[C@H](N(C(=O)C(C)(C)CO)C3CCC(C)(C)CC3)C2)[C@H](c2ccc(Cl)cc2)C1. The lowest BCUT2D eigenvalue weighted by molar-refractivity contribution is -0.149. The maximum Gasteiger partial charge on any atom is 0.231 e. The van der Waals surface area contributed by atoms with Crippen molar-refractivity contribution in [2.75, 3.05) is 32.8 Å². The number of carbonyl (C=O) groups is 3. The Balaban J connectivity index is 1.53. The molecule has 4 rings (SSSR count). The van der Waals surface area contributed by atoms with E-state index in [9.17, 15) is 19.5 Å². The first kappa shape index (κ1) is 28.9. The fraction of sp³-hybridized carbons (Fsp3) is 0.700. The summed E-state index contributed by atoms with van der Waals surface area (Å²) < 4.78 is 0. The Labute approximate surface area is 232 Å². The molecule has 2 heterocycles. The van der Waals surface area contributed by atoms with Crippen LogP contribution in [0.15, 0.2) is 24.3 Å². The fourth-order valence-corrected chi connectivity index (χ4v) is 6.60. The van der Waals surface area contributed by atoms with Crippen LogP contribution in [0.3, 0.4) is 0 Å². The number of nitrogens with zero attached hydrogens (tertiary/aromatic N) is 3. The summed E-state index contributed by atoms with van der Waals surface area (Å²) in [5.41, 5.74) is 0.424. The monoisotopic (exact) mass is 545 g/mol. The van der Waals surface area contributed by atoms with Gasteiger partial charge in [-0.15, -0.1) is 0 Å². The molecule has 3 aliphatic rings. The van der Waals surface area contributed by atoms with Crippen LogP contribution in [-0.2, 0) is 14.4 Å². The zero-order valence-electron chi connectivity index (χ0n) is 23.6. The second kappa shape index (κ2) is 11.2. The third kappa shape index (κ3) is 6.04. The molecule has 1 N–H and O–H groups in total. The highest BCUT2D eigenvalue weighted by atomic mass is 35.5. The van der Waals surface area contributed by atoms with Crippen LogP contribution in [0.5, 0.6) is 0 Å². The first-order chi connectivity index (χ1) is 17.8. The topological polar surface area (TPSA) is 81.2 Å². The van der Waals surface area contributed by atoms with E-state index in [1.165, 1.54) is 0 Å². The molecular formula is C30H44ClN3O4. The van der Waals surface area contributed by atoms with E-state index in [0.717, 1.165) is 37.7 Å². The molecule has 3 amide bonds. The summed E-state index contributed by atoms with van der Waals surface area (Å²) in [6, 6.07) is 7.62. The van der Waals surface area contributed by atoms with Gasteiger partial charge < -0.3 is 19.8 Å². The van der Waals surface area contributed by atoms with Gasteiger partial charge in [-0.25, -0.2) is 0 Å². The van der Waals surface area contributed by atoms with E-state index in [0.29, 0.717) is 31.2 Å². The molecule has 210 valence electrons. The molecule has 8 heteroatoms. The van der Waals surface area contributed by atoms with Gasteiger partial charge in [-0.1, -0.05) is 37.6 Å². The quantitative estimate of drug-likeness (QED) is 0.577. The summed E-state index contributed by atoms with van der Waals surface area (Å²) in [5, 5.41) is 10.6. The Bertz CT molecular complexity index is 1030. The smallest absolute Gasteiger partial charge is 0.231 e. The number of carbonyl (C=O) groups excluding carboxylic acids is 3. The van der Waals surface area contributed by atoms with Crippen LogP contribution in [-0.4, -0.2) is 82.4 Å². The van der Waals surface area contributed by atoms with Crippen LogP contribution >= 0.6 is 11.6 Å². The van der Waals surface area contributed by atoms with Crippen molar-refractivity contribution in [3.05, 3.63) is 34.9 Å². The van der Waals surface area contributed by atoms with E-state index >= 15 is 0 Å². The number of aliphatic hydroxyl groups excluding tert-OH is 1. The minimum absolute atomic E-state index is 0.0216. The third-order valence-electron chi connectivity index (χ3n) is 9.16. The lowest BCUT2D eigenvalue weighted by Gasteiger charge is -2.45. The van der Waals surface area contributed by atoms with Crippen molar-refractivity contribution in [2.45, 2.75) is 84.7 Å². The van der Waals surface area contributed by atoms with Crippen molar-refractivity contribution in [1.82, 2.24) is 14.7 Å². The second-order valence-corrected chi connectivity index (χ2v) is 13.5. The number of halogens is 1. The number of likely N-dealkylation sites (tertiary alicyclic amines) is 2. The normalized spacial score (nSPS) is 26.0. The van der Waals surface area contributed by atoms with Gasteiger partial charge in [0.15, 0.2) is 0 Å². The molecule has 38 heavy (non-hydrogen) atoms. The molecule has 3 fully saturated rings. The van der Waals surface area contributed by atoms with Crippen molar-refractivity contribution in [2.24, 2.45) is 16.7 Å². The fourth-order valence-electron chi connectivity index (χ4n) is 6.47. The Morgan fingerprint density at radius 1 is 1.00 bits per heavy atom. The molecule has 1 saturated carbocycles. The highest BCUT2D eigenvalue weighted by molar-refractivity contribution is 6.30.